The van der Waals surface area contributed by atoms with E-state index in [1.165, 1.54) is 81.5 Å². The van der Waals surface area contributed by atoms with Crippen LogP contribution in [0.4, 0.5) is 10.2 Å². The molecule has 5 atom stereocenters. The number of hydrogen-bond acceptors (Lipinski definition) is 12. The molecule has 1 aliphatic rings. The van der Waals surface area contributed by atoms with Crippen LogP contribution in [0.25, 0.3) is 11.2 Å². The van der Waals surface area contributed by atoms with Crippen LogP contribution in [-0.4, -0.2) is 62.4 Å². The summed E-state index contributed by atoms with van der Waals surface area (Å²) in [5.41, 5.74) is 5.04. The first-order valence-electron chi connectivity index (χ1n) is 25.6. The molecule has 1 aliphatic heterocycles. The zero-order valence-electron chi connectivity index (χ0n) is 41.0. The number of rotatable bonds is 35. The van der Waals surface area contributed by atoms with E-state index in [0.717, 1.165) is 56.9 Å². The fourth-order valence-corrected chi connectivity index (χ4v) is 10.1. The Bertz CT molecular complexity index is 2210. The summed E-state index contributed by atoms with van der Waals surface area (Å²) in [5, 5.41) is 2.90. The lowest BCUT2D eigenvalue weighted by Crippen LogP contribution is -2.46. The summed E-state index contributed by atoms with van der Waals surface area (Å²) < 4.78 is 61.9. The number of nitrogen functional groups attached to an aromatic ring is 1. The highest BCUT2D eigenvalue weighted by atomic mass is 31.2. The number of ether oxygens (including phenoxy) is 3. The molecule has 2 aromatic carbocycles. The number of carbonyl (C=O) groups excluding carboxylic acids is 2. The Hall–Kier alpha value is -4.87. The Morgan fingerprint density at radius 3 is 2.01 bits per heavy atom. The Morgan fingerprint density at radius 2 is 1.42 bits per heavy atom. The SMILES string of the molecule is C#C[C@]1(COP(=O)(N[C@@H](Cc2ccccc2)C(=O)OCCCCCCCCCCCCCCCC)Oc2ccccc2)O[C@@H](n2cnc3c(N)nc(F)nc32)C[C@@H]1OC(=O)CCCCCCCCC. The van der Waals surface area contributed by atoms with Crippen molar-refractivity contribution in [1.29, 1.82) is 0 Å². The van der Waals surface area contributed by atoms with Gasteiger partial charge in [0.1, 0.15) is 30.7 Å². The maximum atomic E-state index is 15.2. The van der Waals surface area contributed by atoms with Crippen LogP contribution in [0.1, 0.15) is 173 Å². The van der Waals surface area contributed by atoms with Crippen molar-refractivity contribution < 1.29 is 41.8 Å². The summed E-state index contributed by atoms with van der Waals surface area (Å²) in [4.78, 5) is 39.2. The minimum atomic E-state index is -4.57. The molecule has 3 heterocycles. The van der Waals surface area contributed by atoms with Crippen molar-refractivity contribution in [3.05, 3.63) is 78.6 Å². The average molecular weight is 975 g/mol. The van der Waals surface area contributed by atoms with Crippen molar-refractivity contribution in [3.8, 4) is 18.1 Å². The quantitative estimate of drug-likeness (QED) is 0.0146. The molecule has 0 spiro atoms. The van der Waals surface area contributed by atoms with Gasteiger partial charge in [-0.15, -0.1) is 6.42 Å². The number of terminal acetylenes is 1. The molecule has 2 aromatic heterocycles. The molecular weight excluding hydrogens is 899 g/mol. The Labute approximate surface area is 409 Å². The summed E-state index contributed by atoms with van der Waals surface area (Å²) in [7, 11) is -4.57. The molecule has 5 rings (SSSR count). The van der Waals surface area contributed by atoms with E-state index < -0.39 is 56.3 Å². The Morgan fingerprint density at radius 1 is 0.855 bits per heavy atom. The van der Waals surface area contributed by atoms with Crippen molar-refractivity contribution in [2.75, 3.05) is 18.9 Å². The van der Waals surface area contributed by atoms with E-state index in [4.69, 9.17) is 35.4 Å². The number of benzene rings is 2. The van der Waals surface area contributed by atoms with Gasteiger partial charge in [-0.2, -0.15) is 19.4 Å². The average Bonchev–Trinajstić information content (AvgIpc) is 3.94. The van der Waals surface area contributed by atoms with Crippen molar-refractivity contribution in [2.45, 2.75) is 192 Å². The van der Waals surface area contributed by atoms with E-state index in [1.807, 2.05) is 30.3 Å². The number of hydrogen-bond donors (Lipinski definition) is 2. The molecule has 69 heavy (non-hydrogen) atoms. The lowest BCUT2D eigenvalue weighted by molar-refractivity contribution is -0.158. The number of halogens is 1. The van der Waals surface area contributed by atoms with E-state index in [1.54, 1.807) is 30.3 Å². The lowest BCUT2D eigenvalue weighted by atomic mass is 9.98. The molecule has 1 saturated heterocycles. The van der Waals surface area contributed by atoms with E-state index in [0.29, 0.717) is 12.8 Å². The first kappa shape index (κ1) is 55.1. The molecule has 0 aliphatic carbocycles. The Balaban J connectivity index is 1.28. The number of aromatic nitrogens is 4. The minimum absolute atomic E-state index is 0.0305. The summed E-state index contributed by atoms with van der Waals surface area (Å²) >= 11 is 0. The number of esters is 2. The molecular formula is C53H76FN6O8P. The molecule has 0 bridgehead atoms. The number of nitrogens with two attached hydrogens (primary N) is 1. The van der Waals surface area contributed by atoms with Crippen molar-refractivity contribution in [1.82, 2.24) is 24.6 Å². The van der Waals surface area contributed by atoms with Gasteiger partial charge in [0.15, 0.2) is 22.6 Å². The first-order chi connectivity index (χ1) is 33.6. The van der Waals surface area contributed by atoms with Gasteiger partial charge < -0.3 is 24.5 Å². The first-order valence-corrected chi connectivity index (χ1v) is 27.1. The number of anilines is 1. The molecule has 4 aromatic rings. The minimum Gasteiger partial charge on any atom is -0.465 e. The van der Waals surface area contributed by atoms with Gasteiger partial charge in [0.2, 0.25) is 0 Å². The van der Waals surface area contributed by atoms with Crippen LogP contribution >= 0.6 is 7.75 Å². The van der Waals surface area contributed by atoms with Crippen molar-refractivity contribution in [3.63, 3.8) is 0 Å². The van der Waals surface area contributed by atoms with E-state index in [-0.39, 0.29) is 48.6 Å². The standard InChI is InChI=1S/C53H76FN6O8P/c1-4-7-9-11-13-14-15-16-17-18-19-21-23-31-37-64-51(62)44(38-42-32-26-24-27-33-42)59-69(63,68-43-34-28-25-29-35-43)65-40-53(6-3)45(66-47(61)36-30-22-20-12-10-8-5-2)39-46(67-53)60-41-56-48-49(55)57-52(54)58-50(48)60/h3,24-29,32-35,41,44-46H,4-5,7-23,30-31,36-40H2,1-2H3,(H,59,63)(H2,55,57,58)/t44-,45-,46+,53+,69?/m0/s1. The molecule has 0 radical (unpaired) electrons. The number of nitrogens with zero attached hydrogens (tertiary/aromatic N) is 4. The van der Waals surface area contributed by atoms with Crippen LogP contribution in [0.3, 0.4) is 0 Å². The predicted molar refractivity (Wildman–Crippen MR) is 267 cm³/mol. The van der Waals surface area contributed by atoms with Crippen LogP contribution in [-0.2, 0) is 39.3 Å². The number of unbranched alkanes of at least 4 members (excludes halogenated alkanes) is 19. The van der Waals surface area contributed by atoms with Crippen LogP contribution in [0.5, 0.6) is 5.75 Å². The highest BCUT2D eigenvalue weighted by Crippen LogP contribution is 2.49. The molecule has 378 valence electrons. The zero-order chi connectivity index (χ0) is 49.2. The number of fused-ring (bicyclic) bond motifs is 1. The molecule has 0 saturated carbocycles. The van der Waals surface area contributed by atoms with Gasteiger partial charge in [-0.1, -0.05) is 190 Å². The third-order valence-corrected chi connectivity index (χ3v) is 14.1. The molecule has 0 amide bonds. The van der Waals surface area contributed by atoms with Gasteiger partial charge in [0.25, 0.3) is 0 Å². The van der Waals surface area contributed by atoms with Gasteiger partial charge in [0.05, 0.1) is 12.9 Å². The van der Waals surface area contributed by atoms with E-state index in [2.05, 4.69) is 39.8 Å². The summed E-state index contributed by atoms with van der Waals surface area (Å²) in [6.07, 6.45) is 28.5. The number of carbonyl (C=O) groups is 2. The highest BCUT2D eigenvalue weighted by molar-refractivity contribution is 7.52. The lowest BCUT2D eigenvalue weighted by Gasteiger charge is -2.31. The van der Waals surface area contributed by atoms with Crippen LogP contribution in [0.2, 0.25) is 0 Å². The largest absolute Gasteiger partial charge is 0.465 e. The monoisotopic (exact) mass is 975 g/mol. The number of para-hydroxylation sites is 1. The van der Waals surface area contributed by atoms with Crippen LogP contribution < -0.4 is 15.3 Å². The highest BCUT2D eigenvalue weighted by Gasteiger charge is 2.53. The second-order valence-electron chi connectivity index (χ2n) is 18.2. The van der Waals surface area contributed by atoms with Crippen LogP contribution in [0.15, 0.2) is 67.0 Å². The van der Waals surface area contributed by atoms with Gasteiger partial charge in [0, 0.05) is 12.8 Å². The fourth-order valence-electron chi connectivity index (χ4n) is 8.60. The number of imidazole rings is 1. The smallest absolute Gasteiger partial charge is 0.459 e. The maximum absolute atomic E-state index is 15.2. The van der Waals surface area contributed by atoms with Crippen molar-refractivity contribution in [2.24, 2.45) is 0 Å². The molecule has 3 N–H and O–H groups in total. The molecule has 1 unspecified atom stereocenters. The summed E-state index contributed by atoms with van der Waals surface area (Å²) in [6, 6.07) is 16.5. The summed E-state index contributed by atoms with van der Waals surface area (Å²) in [6.45, 7) is 3.98. The Kier molecular flexibility index (Phi) is 23.9. The van der Waals surface area contributed by atoms with Gasteiger partial charge in [-0.3, -0.25) is 18.7 Å². The number of nitrogens with one attached hydrogen (secondary N) is 1. The van der Waals surface area contributed by atoms with E-state index in [9.17, 15) is 14.0 Å². The summed E-state index contributed by atoms with van der Waals surface area (Å²) in [5.74, 6) is 1.51. The third kappa shape index (κ3) is 18.4. The molecule has 16 heteroatoms. The third-order valence-electron chi connectivity index (χ3n) is 12.6. The topological polar surface area (TPSA) is 179 Å². The zero-order valence-corrected chi connectivity index (χ0v) is 41.9. The molecule has 14 nitrogen and oxygen atoms in total. The normalized spacial score (nSPS) is 18.1. The fraction of sp³-hybridized carbons (Fsp3) is 0.604. The predicted octanol–water partition coefficient (Wildman–Crippen LogP) is 12.3. The molecule has 1 fully saturated rings. The van der Waals surface area contributed by atoms with Crippen molar-refractivity contribution >= 4 is 36.7 Å². The second-order valence-corrected chi connectivity index (χ2v) is 19.9. The van der Waals surface area contributed by atoms with Gasteiger partial charge >= 0.3 is 25.8 Å². The second kappa shape index (κ2) is 30.0. The van der Waals surface area contributed by atoms with E-state index >= 15 is 4.57 Å². The van der Waals surface area contributed by atoms with Gasteiger partial charge in [-0.25, -0.2) is 9.55 Å². The maximum Gasteiger partial charge on any atom is 0.459 e. The van der Waals surface area contributed by atoms with Crippen LogP contribution in [0, 0.1) is 18.4 Å². The van der Waals surface area contributed by atoms with Gasteiger partial charge in [-0.05, 0) is 37.0 Å².